The lowest BCUT2D eigenvalue weighted by molar-refractivity contribution is -0.138. The number of hydrogen-bond acceptors (Lipinski definition) is 5. The summed E-state index contributed by atoms with van der Waals surface area (Å²) in [5.41, 5.74) is 2.66. The first-order valence-electron chi connectivity index (χ1n) is 10.5. The molecular formula is C24H25FN4O3. The van der Waals surface area contributed by atoms with Crippen LogP contribution >= 0.6 is 0 Å². The largest absolute Gasteiger partial charge is 0.364 e. The van der Waals surface area contributed by atoms with E-state index in [1.165, 1.54) is 24.0 Å². The molecule has 2 aromatic rings. The number of halogens is 1. The van der Waals surface area contributed by atoms with Crippen LogP contribution in [0.3, 0.4) is 0 Å². The number of piperazine rings is 1. The van der Waals surface area contributed by atoms with Crippen LogP contribution in [0.15, 0.2) is 54.2 Å². The van der Waals surface area contributed by atoms with Crippen molar-refractivity contribution in [3.63, 3.8) is 0 Å². The van der Waals surface area contributed by atoms with Gasteiger partial charge in [0.25, 0.3) is 11.8 Å². The number of carbonyl (C=O) groups excluding carboxylic acids is 3. The normalized spacial score (nSPS) is 17.3. The highest BCUT2D eigenvalue weighted by Gasteiger charge is 2.42. The van der Waals surface area contributed by atoms with Crippen molar-refractivity contribution in [3.05, 3.63) is 71.2 Å². The van der Waals surface area contributed by atoms with Gasteiger partial charge in [0.05, 0.1) is 12.1 Å². The maximum absolute atomic E-state index is 13.4. The Morgan fingerprint density at radius 1 is 0.938 bits per heavy atom. The van der Waals surface area contributed by atoms with Gasteiger partial charge in [-0.15, -0.1) is 0 Å². The summed E-state index contributed by atoms with van der Waals surface area (Å²) in [6.45, 7) is 4.36. The Bertz CT molecular complexity index is 1070. The van der Waals surface area contributed by atoms with Gasteiger partial charge < -0.3 is 15.1 Å². The van der Waals surface area contributed by atoms with Gasteiger partial charge in [-0.25, -0.2) is 4.39 Å². The first-order valence-corrected chi connectivity index (χ1v) is 10.5. The zero-order valence-corrected chi connectivity index (χ0v) is 18.1. The zero-order chi connectivity index (χ0) is 22.8. The molecule has 7 nitrogen and oxygen atoms in total. The second kappa shape index (κ2) is 8.92. The minimum Gasteiger partial charge on any atom is -0.364 e. The van der Waals surface area contributed by atoms with E-state index in [1.807, 2.05) is 11.9 Å². The molecule has 8 heteroatoms. The number of rotatable bonds is 5. The third-order valence-corrected chi connectivity index (χ3v) is 5.71. The molecule has 2 aliphatic rings. The second-order valence-electron chi connectivity index (χ2n) is 8.10. The summed E-state index contributed by atoms with van der Waals surface area (Å²) < 4.78 is 13.3. The summed E-state index contributed by atoms with van der Waals surface area (Å²) in [5.74, 6) is -1.28. The number of hydrogen-bond donors (Lipinski definition) is 1. The molecule has 32 heavy (non-hydrogen) atoms. The molecule has 1 fully saturated rings. The molecule has 0 spiro atoms. The van der Waals surface area contributed by atoms with Gasteiger partial charge in [0.1, 0.15) is 11.5 Å². The van der Waals surface area contributed by atoms with Gasteiger partial charge in [-0.1, -0.05) is 24.3 Å². The van der Waals surface area contributed by atoms with E-state index in [9.17, 15) is 18.8 Å². The lowest BCUT2D eigenvalue weighted by Gasteiger charge is -2.34. The molecule has 2 heterocycles. The maximum atomic E-state index is 13.4. The fourth-order valence-electron chi connectivity index (χ4n) is 3.99. The number of benzene rings is 2. The molecule has 3 amide bonds. The van der Waals surface area contributed by atoms with Crippen molar-refractivity contribution in [2.24, 2.45) is 0 Å². The first kappa shape index (κ1) is 21.7. The molecule has 1 saturated heterocycles. The van der Waals surface area contributed by atoms with Crippen LogP contribution in [0.2, 0.25) is 0 Å². The Balaban J connectivity index is 1.69. The van der Waals surface area contributed by atoms with E-state index in [2.05, 4.69) is 10.2 Å². The fourth-order valence-corrected chi connectivity index (χ4v) is 3.99. The van der Waals surface area contributed by atoms with Gasteiger partial charge in [0.15, 0.2) is 0 Å². The second-order valence-corrected chi connectivity index (χ2v) is 8.10. The van der Waals surface area contributed by atoms with E-state index in [0.717, 1.165) is 13.1 Å². The van der Waals surface area contributed by atoms with Crippen LogP contribution in [0.4, 0.5) is 10.1 Å². The number of carbonyl (C=O) groups is 3. The minimum atomic E-state index is -0.375. The highest BCUT2D eigenvalue weighted by molar-refractivity contribution is 6.35. The van der Waals surface area contributed by atoms with Crippen molar-refractivity contribution in [1.82, 2.24) is 14.7 Å². The fraction of sp³-hybridized carbons (Fsp3) is 0.292. The number of imide groups is 1. The highest BCUT2D eigenvalue weighted by Crippen LogP contribution is 2.33. The standard InChI is InChI=1S/C24H25FN4O3/c1-16(30)26-20-9-5-18(6-10-20)21-22(28-13-11-27(2)12-14-28)24(32)29(23(21)31)15-17-3-7-19(25)8-4-17/h3-10H,11-15H2,1-2H3,(H,26,30). The topological polar surface area (TPSA) is 73.0 Å². The van der Waals surface area contributed by atoms with Gasteiger partial charge in [-0.2, -0.15) is 0 Å². The molecule has 0 atom stereocenters. The van der Waals surface area contributed by atoms with Gasteiger partial charge in [0.2, 0.25) is 5.91 Å². The summed E-state index contributed by atoms with van der Waals surface area (Å²) >= 11 is 0. The predicted octanol–water partition coefficient (Wildman–Crippen LogP) is 2.31. The molecule has 0 radical (unpaired) electrons. The lowest BCUT2D eigenvalue weighted by Crippen LogP contribution is -2.46. The molecule has 166 valence electrons. The molecule has 0 saturated carbocycles. The van der Waals surface area contributed by atoms with Crippen LogP contribution in [0.1, 0.15) is 18.1 Å². The van der Waals surface area contributed by atoms with Gasteiger partial charge >= 0.3 is 0 Å². The van der Waals surface area contributed by atoms with Crippen LogP contribution in [0.25, 0.3) is 5.57 Å². The van der Waals surface area contributed by atoms with E-state index in [1.54, 1.807) is 36.4 Å². The Morgan fingerprint density at radius 3 is 2.16 bits per heavy atom. The van der Waals surface area contributed by atoms with Crippen LogP contribution in [0.5, 0.6) is 0 Å². The first-order chi connectivity index (χ1) is 15.3. The number of anilines is 1. The van der Waals surface area contributed by atoms with Crippen molar-refractivity contribution in [1.29, 1.82) is 0 Å². The van der Waals surface area contributed by atoms with Crippen molar-refractivity contribution >= 4 is 29.0 Å². The SMILES string of the molecule is CC(=O)Nc1ccc(C2=C(N3CCN(C)CC3)C(=O)N(Cc3ccc(F)cc3)C2=O)cc1. The number of nitrogens with one attached hydrogen (secondary N) is 1. The van der Waals surface area contributed by atoms with Crippen LogP contribution in [-0.2, 0) is 20.9 Å². The Labute approximate surface area is 186 Å². The van der Waals surface area contributed by atoms with Crippen LogP contribution < -0.4 is 5.32 Å². The lowest BCUT2D eigenvalue weighted by atomic mass is 10.0. The quantitative estimate of drug-likeness (QED) is 0.729. The summed E-state index contributed by atoms with van der Waals surface area (Å²) in [6.07, 6.45) is 0. The van der Waals surface area contributed by atoms with Crippen molar-refractivity contribution in [2.45, 2.75) is 13.5 Å². The average molecular weight is 436 g/mol. The summed E-state index contributed by atoms with van der Waals surface area (Å²) in [7, 11) is 2.02. The smallest absolute Gasteiger partial charge is 0.278 e. The highest BCUT2D eigenvalue weighted by atomic mass is 19.1. The van der Waals surface area contributed by atoms with Crippen LogP contribution in [-0.4, -0.2) is 65.6 Å². The van der Waals surface area contributed by atoms with Gasteiger partial charge in [-0.05, 0) is 42.4 Å². The van der Waals surface area contributed by atoms with Crippen LogP contribution in [0, 0.1) is 5.82 Å². The Kier molecular flexibility index (Phi) is 6.05. The molecule has 0 aromatic heterocycles. The van der Waals surface area contributed by atoms with E-state index < -0.39 is 0 Å². The summed E-state index contributed by atoms with van der Waals surface area (Å²) in [6, 6.07) is 12.7. The third-order valence-electron chi connectivity index (χ3n) is 5.71. The third kappa shape index (κ3) is 4.40. The average Bonchev–Trinajstić information content (AvgIpc) is 3.01. The molecule has 2 aromatic carbocycles. The number of amides is 3. The van der Waals surface area contributed by atoms with E-state index in [-0.39, 0.29) is 30.1 Å². The van der Waals surface area contributed by atoms with Gasteiger partial charge in [-0.3, -0.25) is 19.3 Å². The monoisotopic (exact) mass is 436 g/mol. The Hall–Kier alpha value is -3.52. The molecule has 4 rings (SSSR count). The summed E-state index contributed by atoms with van der Waals surface area (Å²) in [5, 5.41) is 2.70. The maximum Gasteiger partial charge on any atom is 0.278 e. The molecular weight excluding hydrogens is 411 g/mol. The summed E-state index contributed by atoms with van der Waals surface area (Å²) in [4.78, 5) is 43.5. The van der Waals surface area contributed by atoms with E-state index >= 15 is 0 Å². The molecule has 0 bridgehead atoms. The Morgan fingerprint density at radius 2 is 1.56 bits per heavy atom. The van der Waals surface area contributed by atoms with E-state index in [0.29, 0.717) is 41.2 Å². The number of likely N-dealkylation sites (N-methyl/N-ethyl adjacent to an activating group) is 1. The molecule has 1 N–H and O–H groups in total. The zero-order valence-electron chi connectivity index (χ0n) is 18.1. The van der Waals surface area contributed by atoms with Crippen molar-refractivity contribution in [3.8, 4) is 0 Å². The van der Waals surface area contributed by atoms with E-state index in [4.69, 9.17) is 0 Å². The van der Waals surface area contributed by atoms with Crippen molar-refractivity contribution < 1.29 is 18.8 Å². The molecule has 0 unspecified atom stereocenters. The molecule has 2 aliphatic heterocycles. The van der Waals surface area contributed by atoms with Crippen molar-refractivity contribution in [2.75, 3.05) is 38.5 Å². The predicted molar refractivity (Wildman–Crippen MR) is 119 cm³/mol. The minimum absolute atomic E-state index is 0.0721. The van der Waals surface area contributed by atoms with Gasteiger partial charge in [0, 0.05) is 38.8 Å². The molecule has 0 aliphatic carbocycles. The number of nitrogens with zero attached hydrogens (tertiary/aromatic N) is 3.